The van der Waals surface area contributed by atoms with Crippen molar-refractivity contribution in [1.29, 1.82) is 5.26 Å². The number of anilines is 3. The topological polar surface area (TPSA) is 110 Å². The van der Waals surface area contributed by atoms with Crippen molar-refractivity contribution in [2.75, 3.05) is 31.0 Å². The zero-order valence-electron chi connectivity index (χ0n) is 21.0. The number of fused-ring (bicyclic) bond motifs is 1. The summed E-state index contributed by atoms with van der Waals surface area (Å²) in [5.74, 6) is 0.127. The summed E-state index contributed by atoms with van der Waals surface area (Å²) in [5, 5.41) is 19.9. The average Bonchev–Trinajstić information content (AvgIpc) is 3.23. The average molecular weight is 506 g/mol. The van der Waals surface area contributed by atoms with Gasteiger partial charge in [-0.3, -0.25) is 5.32 Å². The van der Waals surface area contributed by atoms with E-state index in [4.69, 9.17) is 14.2 Å². The van der Waals surface area contributed by atoms with E-state index in [0.29, 0.717) is 39.5 Å². The van der Waals surface area contributed by atoms with Crippen molar-refractivity contribution in [3.63, 3.8) is 0 Å². The van der Waals surface area contributed by atoms with Crippen molar-refractivity contribution in [3.8, 4) is 17.6 Å². The normalized spacial score (nSPS) is 10.2. The fraction of sp³-hybridized carbons (Fsp3) is 0.222. The van der Waals surface area contributed by atoms with Gasteiger partial charge in [-0.25, -0.2) is 13.7 Å². The van der Waals surface area contributed by atoms with E-state index < -0.39 is 11.9 Å². The third kappa shape index (κ3) is 6.54. The molecule has 0 radical (unpaired) electrons. The Morgan fingerprint density at radius 1 is 1.14 bits per heavy atom. The number of nitriles is 1. The lowest BCUT2D eigenvalue weighted by atomic mass is 10.1. The molecule has 1 amide bonds. The van der Waals surface area contributed by atoms with Crippen LogP contribution in [-0.4, -0.2) is 36.0 Å². The van der Waals surface area contributed by atoms with Crippen LogP contribution in [0.15, 0.2) is 60.9 Å². The quantitative estimate of drug-likeness (QED) is 0.266. The number of hydrogen-bond acceptors (Lipinski definition) is 7. The van der Waals surface area contributed by atoms with Gasteiger partial charge in [-0.1, -0.05) is 26.0 Å². The smallest absolute Gasteiger partial charge is 0.411 e. The Kier molecular flexibility index (Phi) is 9.41. The summed E-state index contributed by atoms with van der Waals surface area (Å²) in [7, 11) is 1.52. The lowest BCUT2D eigenvalue weighted by molar-refractivity contribution is 0.107. The first-order valence-corrected chi connectivity index (χ1v) is 11.6. The molecular weight excluding hydrogens is 477 g/mol. The van der Waals surface area contributed by atoms with Crippen molar-refractivity contribution in [2.24, 2.45) is 0 Å². The summed E-state index contributed by atoms with van der Waals surface area (Å²) in [6.07, 6.45) is 2.45. The molecule has 2 aromatic carbocycles. The van der Waals surface area contributed by atoms with Gasteiger partial charge in [0.1, 0.15) is 18.4 Å². The fourth-order valence-corrected chi connectivity index (χ4v) is 3.39. The van der Waals surface area contributed by atoms with Crippen LogP contribution in [-0.2, 0) is 9.47 Å². The largest absolute Gasteiger partial charge is 0.454 e. The molecule has 0 bridgehead atoms. The van der Waals surface area contributed by atoms with E-state index in [0.717, 1.165) is 0 Å². The number of amides is 1. The Hall–Kier alpha value is -4.62. The van der Waals surface area contributed by atoms with Gasteiger partial charge in [0.2, 0.25) is 0 Å². The number of methoxy groups -OCH3 is 1. The Labute approximate surface area is 214 Å². The highest BCUT2D eigenvalue weighted by Gasteiger charge is 2.17. The summed E-state index contributed by atoms with van der Waals surface area (Å²) in [5.41, 5.74) is 3.31. The van der Waals surface area contributed by atoms with Crippen molar-refractivity contribution >= 4 is 28.7 Å². The number of carbonyl (C=O) groups excluding carboxylic acids is 1. The van der Waals surface area contributed by atoms with Gasteiger partial charge in [0.25, 0.3) is 0 Å². The molecule has 4 rings (SSSR count). The third-order valence-electron chi connectivity index (χ3n) is 5.12. The lowest BCUT2D eigenvalue weighted by Crippen LogP contribution is -2.16. The standard InChI is InChI=1S/C25H22FN5O4.C2H6/c1-16-21(30-25(32)34-12-11-33-2)15-31-24(16)23(17(13-27)14-28-31)29-18-7-9-19(10-8-18)35-22-6-4-3-5-20(22)26;1-2/h3-10,14-15,29H,11-12H2,1-2H3,(H,30,32);1-2H3. The number of hydrogen-bond donors (Lipinski definition) is 2. The zero-order valence-corrected chi connectivity index (χ0v) is 21.0. The fourth-order valence-electron chi connectivity index (χ4n) is 3.39. The first-order valence-electron chi connectivity index (χ1n) is 11.6. The summed E-state index contributed by atoms with van der Waals surface area (Å²) in [4.78, 5) is 12.1. The third-order valence-corrected chi connectivity index (χ3v) is 5.12. The van der Waals surface area contributed by atoms with Crippen LogP contribution in [0.25, 0.3) is 5.52 Å². The number of aryl methyl sites for hydroxylation is 1. The molecular formula is C27H28FN5O4. The van der Waals surface area contributed by atoms with Crippen LogP contribution < -0.4 is 15.4 Å². The van der Waals surface area contributed by atoms with E-state index in [1.807, 2.05) is 13.8 Å². The molecule has 37 heavy (non-hydrogen) atoms. The molecule has 0 saturated heterocycles. The van der Waals surface area contributed by atoms with Gasteiger partial charge in [0.15, 0.2) is 11.6 Å². The number of nitrogens with zero attached hydrogens (tertiary/aromatic N) is 3. The van der Waals surface area contributed by atoms with Crippen molar-refractivity contribution in [2.45, 2.75) is 20.8 Å². The predicted octanol–water partition coefficient (Wildman–Crippen LogP) is 6.41. The number of ether oxygens (including phenoxy) is 3. The van der Waals surface area contributed by atoms with Crippen LogP contribution >= 0.6 is 0 Å². The van der Waals surface area contributed by atoms with E-state index in [9.17, 15) is 14.4 Å². The molecule has 192 valence electrons. The first kappa shape index (κ1) is 27.0. The van der Waals surface area contributed by atoms with Gasteiger partial charge >= 0.3 is 6.09 Å². The summed E-state index contributed by atoms with van der Waals surface area (Å²) < 4.78 is 31.0. The highest BCUT2D eigenvalue weighted by Crippen LogP contribution is 2.33. The summed E-state index contributed by atoms with van der Waals surface area (Å²) >= 11 is 0. The van der Waals surface area contributed by atoms with E-state index in [-0.39, 0.29) is 19.0 Å². The molecule has 0 spiro atoms. The molecule has 0 saturated carbocycles. The SMILES string of the molecule is CC.COCCOC(=O)Nc1cn2ncc(C#N)c(Nc3ccc(Oc4ccccc4F)cc3)c2c1C. The number of carbonyl (C=O) groups is 1. The number of halogens is 1. The van der Waals surface area contributed by atoms with E-state index in [1.54, 1.807) is 60.1 Å². The lowest BCUT2D eigenvalue weighted by Gasteiger charge is -2.12. The highest BCUT2D eigenvalue weighted by atomic mass is 19.1. The van der Waals surface area contributed by atoms with Crippen molar-refractivity contribution < 1.29 is 23.4 Å². The van der Waals surface area contributed by atoms with Gasteiger partial charge in [0.05, 0.1) is 41.5 Å². The molecule has 0 aliphatic rings. The van der Waals surface area contributed by atoms with Gasteiger partial charge in [-0.05, 0) is 43.3 Å². The summed E-state index contributed by atoms with van der Waals surface area (Å²) in [6, 6.07) is 15.2. The van der Waals surface area contributed by atoms with Gasteiger partial charge in [0, 0.05) is 18.4 Å². The zero-order chi connectivity index (χ0) is 26.8. The maximum Gasteiger partial charge on any atom is 0.411 e. The molecule has 9 nitrogen and oxygen atoms in total. The maximum absolute atomic E-state index is 13.9. The Morgan fingerprint density at radius 3 is 2.54 bits per heavy atom. The van der Waals surface area contributed by atoms with Crippen LogP contribution in [0.2, 0.25) is 0 Å². The number of benzene rings is 2. The van der Waals surface area contributed by atoms with Gasteiger partial charge in [-0.15, -0.1) is 0 Å². The molecule has 2 N–H and O–H groups in total. The van der Waals surface area contributed by atoms with E-state index >= 15 is 0 Å². The number of rotatable bonds is 8. The second-order valence-electron chi connectivity index (χ2n) is 7.44. The Balaban J connectivity index is 0.00000186. The second-order valence-corrected chi connectivity index (χ2v) is 7.44. The van der Waals surface area contributed by atoms with Crippen molar-refractivity contribution in [1.82, 2.24) is 9.61 Å². The molecule has 0 unspecified atom stereocenters. The van der Waals surface area contributed by atoms with Crippen LogP contribution in [0.4, 0.5) is 26.2 Å². The van der Waals surface area contributed by atoms with Gasteiger partial charge < -0.3 is 19.5 Å². The number of para-hydroxylation sites is 1. The molecule has 0 fully saturated rings. The first-order chi connectivity index (χ1) is 18.0. The van der Waals surface area contributed by atoms with Crippen LogP contribution in [0.5, 0.6) is 11.5 Å². The monoisotopic (exact) mass is 505 g/mol. The van der Waals surface area contributed by atoms with E-state index in [1.165, 1.54) is 19.4 Å². The van der Waals surface area contributed by atoms with Crippen LogP contribution in [0.3, 0.4) is 0 Å². The van der Waals surface area contributed by atoms with Crippen LogP contribution in [0, 0.1) is 24.1 Å². The minimum atomic E-state index is -0.624. The number of nitrogens with one attached hydrogen (secondary N) is 2. The van der Waals surface area contributed by atoms with Crippen LogP contribution in [0.1, 0.15) is 25.0 Å². The molecule has 0 aliphatic heterocycles. The number of aromatic nitrogens is 2. The van der Waals surface area contributed by atoms with E-state index in [2.05, 4.69) is 21.8 Å². The molecule has 0 aliphatic carbocycles. The molecule has 2 heterocycles. The Bertz CT molecular complexity index is 1400. The molecule has 4 aromatic rings. The molecule has 0 atom stereocenters. The van der Waals surface area contributed by atoms with Crippen molar-refractivity contribution in [3.05, 3.63) is 77.9 Å². The predicted molar refractivity (Wildman–Crippen MR) is 139 cm³/mol. The highest BCUT2D eigenvalue weighted by molar-refractivity contribution is 5.92. The van der Waals surface area contributed by atoms with Gasteiger partial charge in [-0.2, -0.15) is 10.4 Å². The Morgan fingerprint density at radius 2 is 1.86 bits per heavy atom. The molecule has 2 aromatic heterocycles. The maximum atomic E-state index is 13.9. The minimum absolute atomic E-state index is 0.120. The minimum Gasteiger partial charge on any atom is -0.454 e. The second kappa shape index (κ2) is 12.9. The summed E-state index contributed by atoms with van der Waals surface area (Å²) in [6.45, 7) is 6.21. The molecule has 10 heteroatoms.